The Morgan fingerprint density at radius 2 is 1.85 bits per heavy atom. The first-order valence-corrected chi connectivity index (χ1v) is 7.12. The third-order valence-electron chi connectivity index (χ3n) is 3.35. The van der Waals surface area contributed by atoms with Crippen LogP contribution < -0.4 is 4.90 Å². The number of aromatic nitrogens is 2. The van der Waals surface area contributed by atoms with Gasteiger partial charge in [-0.25, -0.2) is 0 Å². The van der Waals surface area contributed by atoms with Gasteiger partial charge in [-0.05, 0) is 35.8 Å². The molecule has 7 heteroatoms. The normalized spacial score (nSPS) is 15.4. The molecule has 0 radical (unpaired) electrons. The van der Waals surface area contributed by atoms with E-state index >= 15 is 0 Å². The zero-order valence-electron chi connectivity index (χ0n) is 10.8. The van der Waals surface area contributed by atoms with Gasteiger partial charge in [0.15, 0.2) is 0 Å². The minimum Gasteiger partial charge on any atom is -0.508 e. The topological polar surface area (TPSA) is 69.6 Å². The molecular weight excluding hydrogens is 276 g/mol. The molecule has 3 rings (SSSR count). The van der Waals surface area contributed by atoms with Crippen molar-refractivity contribution in [2.45, 2.75) is 0 Å². The van der Waals surface area contributed by atoms with E-state index in [1.807, 2.05) is 17.0 Å². The molecule has 2 aromatic rings. The van der Waals surface area contributed by atoms with Crippen LogP contribution in [0.25, 0.3) is 0 Å². The second-order valence-electron chi connectivity index (χ2n) is 4.58. The molecule has 6 nitrogen and oxygen atoms in total. The number of anilines is 1. The van der Waals surface area contributed by atoms with Gasteiger partial charge in [-0.2, -0.15) is 0 Å². The summed E-state index contributed by atoms with van der Waals surface area (Å²) in [7, 11) is 0. The Labute approximate surface area is 120 Å². The number of hydrogen-bond donors (Lipinski definition) is 1. The molecule has 1 fully saturated rings. The second kappa shape index (κ2) is 5.46. The van der Waals surface area contributed by atoms with Crippen LogP contribution in [0, 0.1) is 0 Å². The molecule has 0 unspecified atom stereocenters. The summed E-state index contributed by atoms with van der Waals surface area (Å²) < 4.78 is 3.72. The Balaban J connectivity index is 1.62. The minimum atomic E-state index is 0.00496. The Morgan fingerprint density at radius 3 is 2.45 bits per heavy atom. The maximum absolute atomic E-state index is 12.2. The van der Waals surface area contributed by atoms with E-state index in [1.54, 1.807) is 12.1 Å². The highest BCUT2D eigenvalue weighted by Gasteiger charge is 2.23. The smallest absolute Gasteiger partial charge is 0.267 e. The zero-order valence-corrected chi connectivity index (χ0v) is 11.6. The number of carbonyl (C=O) groups is 1. The Hall–Kier alpha value is -2.15. The van der Waals surface area contributed by atoms with Crippen molar-refractivity contribution in [3.05, 3.63) is 35.3 Å². The van der Waals surface area contributed by atoms with Crippen LogP contribution >= 0.6 is 11.5 Å². The summed E-state index contributed by atoms with van der Waals surface area (Å²) in [4.78, 5) is 16.8. The fraction of sp³-hybridized carbons (Fsp3) is 0.308. The Kier molecular flexibility index (Phi) is 3.51. The van der Waals surface area contributed by atoms with Gasteiger partial charge in [0.25, 0.3) is 5.91 Å². The Bertz CT molecular complexity index is 577. The van der Waals surface area contributed by atoms with Gasteiger partial charge in [0, 0.05) is 31.9 Å². The summed E-state index contributed by atoms with van der Waals surface area (Å²) in [6.07, 6.45) is 1.51. The highest BCUT2D eigenvalue weighted by atomic mass is 32.1. The first kappa shape index (κ1) is 12.9. The number of rotatable bonds is 2. The lowest BCUT2D eigenvalue weighted by molar-refractivity contribution is 0.0751. The lowest BCUT2D eigenvalue weighted by atomic mass is 10.2. The van der Waals surface area contributed by atoms with Gasteiger partial charge in [-0.3, -0.25) is 4.79 Å². The van der Waals surface area contributed by atoms with Crippen molar-refractivity contribution in [3.63, 3.8) is 0 Å². The summed E-state index contributed by atoms with van der Waals surface area (Å²) in [6, 6.07) is 7.13. The maximum atomic E-state index is 12.2. The molecule has 0 atom stereocenters. The van der Waals surface area contributed by atoms with Crippen molar-refractivity contribution in [2.75, 3.05) is 31.1 Å². The van der Waals surface area contributed by atoms with E-state index in [0.29, 0.717) is 18.0 Å². The van der Waals surface area contributed by atoms with Gasteiger partial charge >= 0.3 is 0 Å². The molecular formula is C13H14N4O2S. The molecule has 1 saturated heterocycles. The van der Waals surface area contributed by atoms with Crippen LogP contribution in [0.15, 0.2) is 30.5 Å². The SMILES string of the molecule is O=C(c1cnns1)N1CCN(c2ccc(O)cc2)CC1. The van der Waals surface area contributed by atoms with E-state index in [0.717, 1.165) is 30.3 Å². The van der Waals surface area contributed by atoms with E-state index in [1.165, 1.54) is 6.20 Å². The molecule has 104 valence electrons. The van der Waals surface area contributed by atoms with Gasteiger partial charge in [0.2, 0.25) is 0 Å². The fourth-order valence-electron chi connectivity index (χ4n) is 2.25. The van der Waals surface area contributed by atoms with Crippen molar-refractivity contribution in [1.82, 2.24) is 14.5 Å². The monoisotopic (exact) mass is 290 g/mol. The molecule has 1 aromatic carbocycles. The van der Waals surface area contributed by atoms with Gasteiger partial charge in [-0.15, -0.1) is 5.10 Å². The van der Waals surface area contributed by atoms with E-state index in [2.05, 4.69) is 14.5 Å². The summed E-state index contributed by atoms with van der Waals surface area (Å²) in [6.45, 7) is 2.92. The first-order chi connectivity index (χ1) is 9.74. The zero-order chi connectivity index (χ0) is 13.9. The lowest BCUT2D eigenvalue weighted by Gasteiger charge is -2.35. The summed E-state index contributed by atoms with van der Waals surface area (Å²) in [5.41, 5.74) is 1.06. The largest absolute Gasteiger partial charge is 0.508 e. The van der Waals surface area contributed by atoms with Crippen molar-refractivity contribution < 1.29 is 9.90 Å². The number of hydrogen-bond acceptors (Lipinski definition) is 6. The van der Waals surface area contributed by atoms with Crippen LogP contribution in [-0.2, 0) is 0 Å². The highest BCUT2D eigenvalue weighted by molar-refractivity contribution is 7.07. The highest BCUT2D eigenvalue weighted by Crippen LogP contribution is 2.20. The fourth-order valence-corrected chi connectivity index (χ4v) is 2.73. The van der Waals surface area contributed by atoms with Gasteiger partial charge in [-0.1, -0.05) is 4.49 Å². The van der Waals surface area contributed by atoms with E-state index in [4.69, 9.17) is 0 Å². The molecule has 1 N–H and O–H groups in total. The molecule has 1 aliphatic rings. The van der Waals surface area contributed by atoms with E-state index in [-0.39, 0.29) is 11.7 Å². The average molecular weight is 290 g/mol. The summed E-state index contributed by atoms with van der Waals surface area (Å²) in [5.74, 6) is 0.269. The number of piperazine rings is 1. The van der Waals surface area contributed by atoms with Gasteiger partial charge < -0.3 is 14.9 Å². The first-order valence-electron chi connectivity index (χ1n) is 6.34. The third-order valence-corrected chi connectivity index (χ3v) is 4.01. The predicted molar refractivity (Wildman–Crippen MR) is 76.1 cm³/mol. The number of amides is 1. The van der Waals surface area contributed by atoms with Crippen molar-refractivity contribution in [1.29, 1.82) is 0 Å². The van der Waals surface area contributed by atoms with Gasteiger partial charge in [0.05, 0.1) is 6.20 Å². The maximum Gasteiger partial charge on any atom is 0.267 e. The number of carbonyl (C=O) groups excluding carboxylic acids is 1. The number of aromatic hydroxyl groups is 1. The number of benzene rings is 1. The standard InChI is InChI=1S/C13H14N4O2S/c18-11-3-1-10(2-4-11)16-5-7-17(8-6-16)13(19)12-9-14-15-20-12/h1-4,9,18H,5-8H2. The molecule has 0 saturated carbocycles. The van der Waals surface area contributed by atoms with Crippen LogP contribution in [0.2, 0.25) is 0 Å². The molecule has 1 aromatic heterocycles. The van der Waals surface area contributed by atoms with E-state index < -0.39 is 0 Å². The lowest BCUT2D eigenvalue weighted by Crippen LogP contribution is -2.48. The van der Waals surface area contributed by atoms with Crippen LogP contribution in [0.4, 0.5) is 5.69 Å². The quantitative estimate of drug-likeness (QED) is 0.900. The van der Waals surface area contributed by atoms with Crippen molar-refractivity contribution in [2.24, 2.45) is 0 Å². The van der Waals surface area contributed by atoms with Crippen LogP contribution in [0.5, 0.6) is 5.75 Å². The van der Waals surface area contributed by atoms with E-state index in [9.17, 15) is 9.90 Å². The van der Waals surface area contributed by atoms with Crippen LogP contribution in [0.3, 0.4) is 0 Å². The molecule has 0 bridgehead atoms. The molecule has 2 heterocycles. The average Bonchev–Trinajstić information content (AvgIpc) is 3.02. The number of phenols is 1. The summed E-state index contributed by atoms with van der Waals surface area (Å²) in [5, 5.41) is 13.0. The number of nitrogens with zero attached hydrogens (tertiary/aromatic N) is 4. The third kappa shape index (κ3) is 2.57. The molecule has 1 amide bonds. The summed E-state index contributed by atoms with van der Waals surface area (Å²) >= 11 is 1.13. The minimum absolute atomic E-state index is 0.00496. The van der Waals surface area contributed by atoms with Crippen molar-refractivity contribution >= 4 is 23.1 Å². The predicted octanol–water partition coefficient (Wildman–Crippen LogP) is 1.21. The van der Waals surface area contributed by atoms with Crippen molar-refractivity contribution in [3.8, 4) is 5.75 Å². The number of phenolic OH excluding ortho intramolecular Hbond substituents is 1. The Morgan fingerprint density at radius 1 is 1.15 bits per heavy atom. The molecule has 1 aliphatic heterocycles. The van der Waals surface area contributed by atoms with Crippen LogP contribution in [0.1, 0.15) is 9.67 Å². The van der Waals surface area contributed by atoms with Crippen LogP contribution in [-0.4, -0.2) is 51.7 Å². The van der Waals surface area contributed by atoms with Gasteiger partial charge in [0.1, 0.15) is 10.6 Å². The molecule has 20 heavy (non-hydrogen) atoms. The second-order valence-corrected chi connectivity index (χ2v) is 5.36. The molecule has 0 spiro atoms. The molecule has 0 aliphatic carbocycles.